The van der Waals surface area contributed by atoms with E-state index in [0.717, 1.165) is 10.6 Å². The molecule has 0 atom stereocenters. The molecule has 0 aliphatic heterocycles. The minimum Gasteiger partial charge on any atom is -0.294 e. The van der Waals surface area contributed by atoms with Crippen molar-refractivity contribution < 1.29 is 0 Å². The van der Waals surface area contributed by atoms with E-state index in [9.17, 15) is 0 Å². The molecule has 3 aromatic heterocycles. The zero-order valence-corrected chi connectivity index (χ0v) is 21.3. The predicted molar refractivity (Wildman–Crippen MR) is 162 cm³/mol. The molecule has 178 valence electrons. The summed E-state index contributed by atoms with van der Waals surface area (Å²) in [5.74, 6) is 0.953. The quantitative estimate of drug-likeness (QED) is 0.235. The van der Waals surface area contributed by atoms with Gasteiger partial charge < -0.3 is 0 Å². The summed E-state index contributed by atoms with van der Waals surface area (Å²) in [6.45, 7) is 0. The van der Waals surface area contributed by atoms with Gasteiger partial charge in [0.15, 0.2) is 0 Å². The van der Waals surface area contributed by atoms with Crippen molar-refractivity contribution in [3.63, 3.8) is 0 Å². The predicted octanol–water partition coefficient (Wildman–Crippen LogP) is 9.88. The Morgan fingerprint density at radius 3 is 1.89 bits per heavy atom. The molecule has 0 bridgehead atoms. The van der Waals surface area contributed by atoms with Crippen LogP contribution in [0.2, 0.25) is 0 Å². The van der Waals surface area contributed by atoms with Gasteiger partial charge in [-0.25, -0.2) is 4.98 Å². The number of pyridine rings is 1. The first-order chi connectivity index (χ1) is 18.8. The maximum Gasteiger partial charge on any atom is 0.139 e. The van der Waals surface area contributed by atoms with Crippen LogP contribution in [0.5, 0.6) is 0 Å². The molecule has 3 heterocycles. The molecule has 0 aliphatic carbocycles. The highest BCUT2D eigenvalue weighted by Gasteiger charge is 2.16. The highest BCUT2D eigenvalue weighted by molar-refractivity contribution is 7.26. The van der Waals surface area contributed by atoms with Gasteiger partial charge in [0.1, 0.15) is 10.6 Å². The van der Waals surface area contributed by atoms with Crippen LogP contribution in [0, 0.1) is 0 Å². The number of fused-ring (bicyclic) bond motifs is 6. The normalized spacial score (nSPS) is 11.7. The second kappa shape index (κ2) is 8.41. The third-order valence-corrected chi connectivity index (χ3v) is 8.59. The van der Waals surface area contributed by atoms with E-state index < -0.39 is 0 Å². The van der Waals surface area contributed by atoms with Crippen LogP contribution in [0.3, 0.4) is 0 Å². The van der Waals surface area contributed by atoms with E-state index in [1.54, 1.807) is 11.3 Å². The van der Waals surface area contributed by atoms with Crippen LogP contribution >= 0.6 is 11.3 Å². The Bertz CT molecular complexity index is 2080. The van der Waals surface area contributed by atoms with E-state index in [2.05, 4.69) is 138 Å². The van der Waals surface area contributed by atoms with E-state index in [1.807, 2.05) is 0 Å². The van der Waals surface area contributed by atoms with Gasteiger partial charge >= 0.3 is 0 Å². The molecule has 8 aromatic rings. The topological polar surface area (TPSA) is 17.8 Å². The smallest absolute Gasteiger partial charge is 0.139 e. The highest BCUT2D eigenvalue weighted by atomic mass is 32.1. The Balaban J connectivity index is 1.33. The molecule has 0 fully saturated rings. The minimum atomic E-state index is 0.953. The minimum absolute atomic E-state index is 0.953. The van der Waals surface area contributed by atoms with Crippen LogP contribution < -0.4 is 0 Å². The van der Waals surface area contributed by atoms with Gasteiger partial charge in [0.05, 0.1) is 11.0 Å². The lowest BCUT2D eigenvalue weighted by Crippen LogP contribution is -1.96. The molecule has 0 N–H and O–H groups in total. The molecule has 8 rings (SSSR count). The lowest BCUT2D eigenvalue weighted by atomic mass is 9.98. The molecule has 0 spiro atoms. The Morgan fingerprint density at radius 1 is 0.474 bits per heavy atom. The van der Waals surface area contributed by atoms with Crippen molar-refractivity contribution in [3.8, 4) is 28.1 Å². The zero-order valence-electron chi connectivity index (χ0n) is 20.5. The first kappa shape index (κ1) is 21.4. The molecule has 0 amide bonds. The van der Waals surface area contributed by atoms with Crippen LogP contribution in [-0.2, 0) is 0 Å². The van der Waals surface area contributed by atoms with Gasteiger partial charge in [-0.05, 0) is 52.6 Å². The van der Waals surface area contributed by atoms with Gasteiger partial charge in [-0.15, -0.1) is 11.3 Å². The van der Waals surface area contributed by atoms with Gasteiger partial charge in [0.2, 0.25) is 0 Å². The summed E-state index contributed by atoms with van der Waals surface area (Å²) in [4.78, 5) is 6.30. The number of rotatable bonds is 3. The SMILES string of the molecule is c1ccc(-c2cccc(-c3cccc4c3sc3nc(-n5c6ccccc6c6ccccc65)ccc34)c2)cc1. The highest BCUT2D eigenvalue weighted by Crippen LogP contribution is 2.41. The second-order valence-electron chi connectivity index (χ2n) is 9.62. The maximum atomic E-state index is 5.24. The molecule has 3 heteroatoms. The van der Waals surface area contributed by atoms with E-state index in [-0.39, 0.29) is 0 Å². The number of benzene rings is 5. The van der Waals surface area contributed by atoms with Crippen molar-refractivity contribution in [2.24, 2.45) is 0 Å². The average molecular weight is 503 g/mol. The molecule has 0 saturated carbocycles. The molecular formula is C35H22N2S. The third kappa shape index (κ3) is 3.22. The number of hydrogen-bond acceptors (Lipinski definition) is 2. The van der Waals surface area contributed by atoms with Crippen LogP contribution in [-0.4, -0.2) is 9.55 Å². The first-order valence-corrected chi connectivity index (χ1v) is 13.6. The summed E-state index contributed by atoms with van der Waals surface area (Å²) in [5.41, 5.74) is 7.30. The molecule has 2 nitrogen and oxygen atoms in total. The summed E-state index contributed by atoms with van der Waals surface area (Å²) in [6, 6.07) is 47.6. The fraction of sp³-hybridized carbons (Fsp3) is 0. The fourth-order valence-electron chi connectivity index (χ4n) is 5.69. The summed E-state index contributed by atoms with van der Waals surface area (Å²) >= 11 is 1.78. The van der Waals surface area contributed by atoms with Gasteiger partial charge in [-0.3, -0.25) is 4.57 Å². The number of thiophene rings is 1. The van der Waals surface area contributed by atoms with Gasteiger partial charge in [-0.2, -0.15) is 0 Å². The second-order valence-corrected chi connectivity index (χ2v) is 10.6. The number of aromatic nitrogens is 2. The Morgan fingerprint density at radius 2 is 1.11 bits per heavy atom. The Kier molecular flexibility index (Phi) is 4.73. The monoisotopic (exact) mass is 502 g/mol. The molecule has 38 heavy (non-hydrogen) atoms. The first-order valence-electron chi connectivity index (χ1n) is 12.8. The van der Waals surface area contributed by atoms with E-state index in [0.29, 0.717) is 0 Å². The van der Waals surface area contributed by atoms with Crippen molar-refractivity contribution in [2.45, 2.75) is 0 Å². The Hall–Kier alpha value is -4.73. The van der Waals surface area contributed by atoms with Crippen LogP contribution in [0.1, 0.15) is 0 Å². The molecule has 5 aromatic carbocycles. The zero-order chi connectivity index (χ0) is 25.1. The van der Waals surface area contributed by atoms with E-state index in [1.165, 1.54) is 59.5 Å². The lowest BCUT2D eigenvalue weighted by molar-refractivity contribution is 1.11. The third-order valence-electron chi connectivity index (χ3n) is 7.44. The summed E-state index contributed by atoms with van der Waals surface area (Å²) in [7, 11) is 0. The lowest BCUT2D eigenvalue weighted by Gasteiger charge is -2.07. The van der Waals surface area contributed by atoms with Crippen molar-refractivity contribution in [2.75, 3.05) is 0 Å². The Labute approximate surface area is 224 Å². The van der Waals surface area contributed by atoms with E-state index in [4.69, 9.17) is 4.98 Å². The number of nitrogens with zero attached hydrogens (tertiary/aromatic N) is 2. The standard InChI is InChI=1S/C35H22N2S/c1-2-10-23(11-3-1)24-12-8-13-25(22-24)26-16-9-17-29-30-20-21-33(36-35(30)38-34(26)29)37-31-18-6-4-14-27(31)28-15-5-7-19-32(28)37/h1-22H. The molecule has 0 radical (unpaired) electrons. The largest absolute Gasteiger partial charge is 0.294 e. The summed E-state index contributed by atoms with van der Waals surface area (Å²) in [6.07, 6.45) is 0. The van der Waals surface area contributed by atoms with Crippen LogP contribution in [0.4, 0.5) is 0 Å². The average Bonchev–Trinajstić information content (AvgIpc) is 3.53. The van der Waals surface area contributed by atoms with Gasteiger partial charge in [0, 0.05) is 26.2 Å². The van der Waals surface area contributed by atoms with Crippen LogP contribution in [0.15, 0.2) is 133 Å². The van der Waals surface area contributed by atoms with E-state index >= 15 is 0 Å². The molecular weight excluding hydrogens is 480 g/mol. The molecule has 0 saturated heterocycles. The fourth-order valence-corrected chi connectivity index (χ4v) is 6.89. The van der Waals surface area contributed by atoms with Crippen molar-refractivity contribution >= 4 is 53.4 Å². The molecule has 0 unspecified atom stereocenters. The number of hydrogen-bond donors (Lipinski definition) is 0. The number of para-hydroxylation sites is 2. The summed E-state index contributed by atoms with van der Waals surface area (Å²) < 4.78 is 3.57. The van der Waals surface area contributed by atoms with Crippen molar-refractivity contribution in [3.05, 3.63) is 133 Å². The van der Waals surface area contributed by atoms with Crippen molar-refractivity contribution in [1.29, 1.82) is 0 Å². The maximum absolute atomic E-state index is 5.24. The van der Waals surface area contributed by atoms with Crippen LogP contribution in [0.25, 0.3) is 70.2 Å². The van der Waals surface area contributed by atoms with Gasteiger partial charge in [0.25, 0.3) is 0 Å². The van der Waals surface area contributed by atoms with Gasteiger partial charge in [-0.1, -0.05) is 103 Å². The van der Waals surface area contributed by atoms with Crippen molar-refractivity contribution in [1.82, 2.24) is 9.55 Å². The molecule has 0 aliphatic rings. The summed E-state index contributed by atoms with van der Waals surface area (Å²) in [5, 5.41) is 4.97.